The molecule has 0 unspecified atom stereocenters. The van der Waals surface area contributed by atoms with Crippen molar-refractivity contribution >= 4 is 50.5 Å². The van der Waals surface area contributed by atoms with Crippen LogP contribution in [-0.4, -0.2) is 43.3 Å². The van der Waals surface area contributed by atoms with Crippen LogP contribution in [0.5, 0.6) is 0 Å². The summed E-state index contributed by atoms with van der Waals surface area (Å²) in [6, 6.07) is 13.7. The molecule has 0 fully saturated rings. The zero-order valence-electron chi connectivity index (χ0n) is 24.5. The van der Waals surface area contributed by atoms with Gasteiger partial charge in [-0.2, -0.15) is 13.5 Å². The van der Waals surface area contributed by atoms with Gasteiger partial charge >= 0.3 is 0 Å². The summed E-state index contributed by atoms with van der Waals surface area (Å²) in [5, 5.41) is 17.6. The highest BCUT2D eigenvalue weighted by molar-refractivity contribution is 7.90. The van der Waals surface area contributed by atoms with Crippen LogP contribution in [0.2, 0.25) is 0 Å². The van der Waals surface area contributed by atoms with E-state index in [9.17, 15) is 18.0 Å². The highest BCUT2D eigenvalue weighted by Gasteiger charge is 2.29. The van der Waals surface area contributed by atoms with Crippen molar-refractivity contribution in [2.24, 2.45) is 12.2 Å². The maximum absolute atomic E-state index is 14.5. The lowest BCUT2D eigenvalue weighted by atomic mass is 9.96. The molecule has 1 aliphatic rings. The predicted octanol–water partition coefficient (Wildman–Crippen LogP) is 2.76. The first-order valence-corrected chi connectivity index (χ1v) is 15.6. The van der Waals surface area contributed by atoms with Gasteiger partial charge in [-0.25, -0.2) is 14.6 Å². The number of benzene rings is 2. The van der Waals surface area contributed by atoms with E-state index >= 15 is 0 Å². The molecule has 2 aromatic carbocycles. The third-order valence-corrected chi connectivity index (χ3v) is 8.03. The molecule has 228 valence electrons. The molecule has 4 N–H and O–H groups in total. The fraction of sp³-hybridized carbons (Fsp3) is 0.0938. The maximum atomic E-state index is 14.5. The van der Waals surface area contributed by atoms with Crippen molar-refractivity contribution in [1.82, 2.24) is 34.3 Å². The van der Waals surface area contributed by atoms with E-state index in [1.165, 1.54) is 16.9 Å². The summed E-state index contributed by atoms with van der Waals surface area (Å²) < 4.78 is 30.4. The molecule has 13 nitrogen and oxygen atoms in total. The Bertz CT molecular complexity index is 2480. The molecule has 14 heteroatoms. The van der Waals surface area contributed by atoms with Crippen molar-refractivity contribution in [3.05, 3.63) is 117 Å². The molecule has 1 aliphatic carbocycles. The molecule has 0 bridgehead atoms. The number of rotatable bonds is 6. The average molecular weight is 632 g/mol. The second-order valence-electron chi connectivity index (χ2n) is 10.7. The molecule has 6 aromatic rings. The Kier molecular flexibility index (Phi) is 6.77. The molecule has 1 atom stereocenters. The number of para-hydroxylation sites is 1. The van der Waals surface area contributed by atoms with E-state index in [2.05, 4.69) is 37.1 Å². The number of amides is 1. The minimum Gasteiger partial charge on any atom is -0.344 e. The van der Waals surface area contributed by atoms with Crippen molar-refractivity contribution in [2.45, 2.75) is 13.0 Å². The van der Waals surface area contributed by atoms with Crippen LogP contribution in [0.3, 0.4) is 0 Å². The fourth-order valence-corrected chi connectivity index (χ4v) is 6.12. The number of nitrogens with zero attached hydrogens (tertiary/aromatic N) is 6. The third-order valence-electron chi connectivity index (χ3n) is 7.55. The van der Waals surface area contributed by atoms with Gasteiger partial charge in [-0.05, 0) is 36.8 Å². The summed E-state index contributed by atoms with van der Waals surface area (Å²) in [7, 11) is -2.46. The van der Waals surface area contributed by atoms with Crippen LogP contribution in [0, 0.1) is 11.8 Å². The Morgan fingerprint density at radius 2 is 1.85 bits per heavy atom. The number of hydrogen-bond donors (Lipinski definition) is 3. The van der Waals surface area contributed by atoms with E-state index in [0.29, 0.717) is 27.9 Å². The number of nitrogens with one attached hydrogen (secondary N) is 2. The minimum atomic E-state index is -4.27. The third kappa shape index (κ3) is 4.99. The molecule has 0 saturated carbocycles. The number of hydrogen-bond acceptors (Lipinski definition) is 7. The van der Waals surface area contributed by atoms with Gasteiger partial charge in [0.15, 0.2) is 11.5 Å². The van der Waals surface area contributed by atoms with Crippen LogP contribution in [0.4, 0.5) is 5.82 Å². The van der Waals surface area contributed by atoms with Crippen LogP contribution < -0.4 is 20.7 Å². The van der Waals surface area contributed by atoms with Gasteiger partial charge < -0.3 is 5.32 Å². The van der Waals surface area contributed by atoms with E-state index in [4.69, 9.17) is 5.14 Å². The summed E-state index contributed by atoms with van der Waals surface area (Å²) in [6.45, 7) is 1.75. The monoisotopic (exact) mass is 631 g/mol. The van der Waals surface area contributed by atoms with Gasteiger partial charge in [0.25, 0.3) is 21.7 Å². The van der Waals surface area contributed by atoms with Gasteiger partial charge in [0.1, 0.15) is 5.56 Å². The molecule has 46 heavy (non-hydrogen) atoms. The standard InChI is InChI=1S/C32H25N9O4S/c1-19(36-31(42)27-29(38-46(33,44)45)37-40-16-6-15-34-30(27)40)28-24-14-13-21-11-12-22(10-9-20-17-35-39(2)18-20)26(25(21)24)32(43)41(28)23-7-4-3-5-8-23/h3-8,11-19H,1-2H3,(H,36,42)(H,37,38)(H2,33,44,45)/t19-/m1/s1. The van der Waals surface area contributed by atoms with Gasteiger partial charge in [0, 0.05) is 47.8 Å². The van der Waals surface area contributed by atoms with Gasteiger partial charge in [-0.1, -0.05) is 48.3 Å². The fourth-order valence-electron chi connectivity index (χ4n) is 5.71. The molecular formula is C32H25N9O4S. The number of aryl methyl sites for hydroxylation is 1. The highest BCUT2D eigenvalue weighted by Crippen LogP contribution is 2.37. The van der Waals surface area contributed by atoms with Crippen LogP contribution >= 0.6 is 0 Å². The molecule has 0 saturated heterocycles. The summed E-state index contributed by atoms with van der Waals surface area (Å²) in [4.78, 5) is 32.7. The van der Waals surface area contributed by atoms with Gasteiger partial charge in [0.05, 0.1) is 28.9 Å². The Morgan fingerprint density at radius 3 is 2.59 bits per heavy atom. The first kappa shape index (κ1) is 28.7. The van der Waals surface area contributed by atoms with Crippen LogP contribution in [0.1, 0.15) is 51.3 Å². The zero-order chi connectivity index (χ0) is 32.2. The smallest absolute Gasteiger partial charge is 0.297 e. The van der Waals surface area contributed by atoms with Crippen molar-refractivity contribution < 1.29 is 13.2 Å². The lowest BCUT2D eigenvalue weighted by molar-refractivity contribution is 0.0941. The normalized spacial score (nSPS) is 12.7. The molecule has 4 aromatic heterocycles. The first-order chi connectivity index (χ1) is 22.1. The predicted molar refractivity (Wildman–Crippen MR) is 173 cm³/mol. The molecular weight excluding hydrogens is 606 g/mol. The second-order valence-corrected chi connectivity index (χ2v) is 12.0. The number of fused-ring (bicyclic) bond motifs is 1. The summed E-state index contributed by atoms with van der Waals surface area (Å²) in [6.07, 6.45) is 10.3. The number of anilines is 1. The lowest BCUT2D eigenvalue weighted by Gasteiger charge is -2.23. The summed E-state index contributed by atoms with van der Waals surface area (Å²) >= 11 is 0. The maximum Gasteiger partial charge on any atom is 0.297 e. The van der Waals surface area contributed by atoms with Gasteiger partial charge in [-0.15, -0.1) is 5.10 Å². The van der Waals surface area contributed by atoms with Crippen molar-refractivity contribution in [3.8, 4) is 17.5 Å². The Balaban J connectivity index is 1.40. The number of aromatic nitrogens is 6. The average Bonchev–Trinajstić information content (AvgIpc) is 3.74. The zero-order valence-corrected chi connectivity index (χ0v) is 25.3. The lowest BCUT2D eigenvalue weighted by Crippen LogP contribution is -2.34. The van der Waals surface area contributed by atoms with E-state index in [1.54, 1.807) is 41.7 Å². The Morgan fingerprint density at radius 1 is 1.04 bits per heavy atom. The number of pyridine rings is 1. The van der Waals surface area contributed by atoms with E-state index in [-0.39, 0.29) is 22.6 Å². The summed E-state index contributed by atoms with van der Waals surface area (Å²) in [5.74, 6) is 5.31. The number of carbonyl (C=O) groups excluding carboxylic acids is 1. The Hall–Kier alpha value is -6.04. The van der Waals surface area contributed by atoms with Crippen LogP contribution in [0.15, 0.2) is 78.1 Å². The van der Waals surface area contributed by atoms with Crippen molar-refractivity contribution in [1.29, 1.82) is 0 Å². The molecule has 0 aliphatic heterocycles. The largest absolute Gasteiger partial charge is 0.344 e. The molecule has 0 radical (unpaired) electrons. The molecule has 7 rings (SSSR count). The molecule has 0 spiro atoms. The topological polar surface area (TPSA) is 171 Å². The first-order valence-electron chi connectivity index (χ1n) is 14.0. The summed E-state index contributed by atoms with van der Waals surface area (Å²) in [5.41, 5.74) is 3.65. The quantitative estimate of drug-likeness (QED) is 0.237. The SMILES string of the molecule is C[C@@H](NC(=O)c1c(NS(N)(=O)=O)nn2cccnc12)c1c2c3c(ccc(C#Cc4cnn(C)c4)c3c(=O)n1-c1ccccc1)C=C2. The molecule has 4 heterocycles. The second kappa shape index (κ2) is 10.8. The van der Waals surface area contributed by atoms with Crippen molar-refractivity contribution in [3.63, 3.8) is 0 Å². The van der Waals surface area contributed by atoms with E-state index < -0.39 is 22.2 Å². The Labute approximate surface area is 262 Å². The van der Waals surface area contributed by atoms with E-state index in [1.807, 2.05) is 54.6 Å². The van der Waals surface area contributed by atoms with Gasteiger partial charge in [0.2, 0.25) is 0 Å². The van der Waals surface area contributed by atoms with Crippen molar-refractivity contribution in [2.75, 3.05) is 4.72 Å². The number of nitrogens with two attached hydrogens (primary N) is 1. The highest BCUT2D eigenvalue weighted by atomic mass is 32.2. The van der Waals surface area contributed by atoms with Crippen LogP contribution in [0.25, 0.3) is 34.3 Å². The van der Waals surface area contributed by atoms with Crippen LogP contribution in [-0.2, 0) is 17.3 Å². The van der Waals surface area contributed by atoms with Gasteiger partial charge in [-0.3, -0.25) is 23.6 Å². The molecule has 1 amide bonds. The van der Waals surface area contributed by atoms with E-state index in [0.717, 1.165) is 16.5 Å². The minimum absolute atomic E-state index is 0.112. The number of carbonyl (C=O) groups is 1.